The van der Waals surface area contributed by atoms with E-state index in [2.05, 4.69) is 0 Å². The highest BCUT2D eigenvalue weighted by molar-refractivity contribution is 5.92. The van der Waals surface area contributed by atoms with Crippen LogP contribution in [0.25, 0.3) is 6.08 Å². The second-order valence-electron chi connectivity index (χ2n) is 5.92. The molecule has 1 fully saturated rings. The number of carbonyl (C=O) groups excluding carboxylic acids is 1. The average molecular weight is 332 g/mol. The van der Waals surface area contributed by atoms with Crippen LogP contribution in [0.15, 0.2) is 30.3 Å². The van der Waals surface area contributed by atoms with Crippen LogP contribution in [0.3, 0.4) is 0 Å². The molecular weight excluding hydrogens is 308 g/mol. The van der Waals surface area contributed by atoms with Crippen molar-refractivity contribution < 1.29 is 14.5 Å². The summed E-state index contributed by atoms with van der Waals surface area (Å²) in [6.07, 6.45) is 7.07. The summed E-state index contributed by atoms with van der Waals surface area (Å²) < 4.78 is 5.71. The first-order chi connectivity index (χ1) is 11.6. The summed E-state index contributed by atoms with van der Waals surface area (Å²) in [5, 5.41) is 11.0. The summed E-state index contributed by atoms with van der Waals surface area (Å²) in [5.41, 5.74) is 0.431. The van der Waals surface area contributed by atoms with Crippen LogP contribution in [-0.4, -0.2) is 41.5 Å². The maximum atomic E-state index is 12.5. The lowest BCUT2D eigenvalue weighted by molar-refractivity contribution is -0.385. The van der Waals surface area contributed by atoms with Gasteiger partial charge in [0.05, 0.1) is 16.6 Å². The van der Waals surface area contributed by atoms with Crippen molar-refractivity contribution in [3.05, 3.63) is 46.0 Å². The number of hydrogen-bond donors (Lipinski definition) is 0. The van der Waals surface area contributed by atoms with E-state index in [-0.39, 0.29) is 17.7 Å². The van der Waals surface area contributed by atoms with Crippen molar-refractivity contribution in [2.45, 2.75) is 38.7 Å². The molecule has 0 radical (unpaired) electrons. The highest BCUT2D eigenvalue weighted by Crippen LogP contribution is 2.19. The topological polar surface area (TPSA) is 72.7 Å². The number of amides is 1. The highest BCUT2D eigenvalue weighted by Gasteiger charge is 2.20. The molecule has 0 aromatic heterocycles. The number of nitro benzene ring substituents is 1. The Kier molecular flexibility index (Phi) is 6.93. The third-order valence-electron chi connectivity index (χ3n) is 4.04. The van der Waals surface area contributed by atoms with Gasteiger partial charge in [0.25, 0.3) is 5.69 Å². The first kappa shape index (κ1) is 18.1. The van der Waals surface area contributed by atoms with Crippen molar-refractivity contribution in [1.29, 1.82) is 0 Å². The fourth-order valence-corrected chi connectivity index (χ4v) is 2.82. The van der Waals surface area contributed by atoms with Crippen molar-refractivity contribution in [2.24, 2.45) is 0 Å². The molecule has 0 spiro atoms. The number of benzene rings is 1. The highest BCUT2D eigenvalue weighted by atomic mass is 16.6. The van der Waals surface area contributed by atoms with Gasteiger partial charge in [-0.05, 0) is 37.8 Å². The number of hydrogen-bond acceptors (Lipinski definition) is 4. The molecule has 1 heterocycles. The van der Waals surface area contributed by atoms with Crippen LogP contribution >= 0.6 is 0 Å². The Morgan fingerprint density at radius 2 is 2.21 bits per heavy atom. The monoisotopic (exact) mass is 332 g/mol. The molecule has 6 nitrogen and oxygen atoms in total. The van der Waals surface area contributed by atoms with Crippen LogP contribution < -0.4 is 0 Å². The van der Waals surface area contributed by atoms with Gasteiger partial charge in [-0.3, -0.25) is 14.9 Å². The molecule has 1 amide bonds. The zero-order valence-electron chi connectivity index (χ0n) is 14.0. The number of nitro groups is 1. The van der Waals surface area contributed by atoms with Crippen molar-refractivity contribution >= 4 is 17.7 Å². The Hall–Kier alpha value is -2.21. The van der Waals surface area contributed by atoms with Gasteiger partial charge >= 0.3 is 0 Å². The molecule has 0 N–H and O–H groups in total. The van der Waals surface area contributed by atoms with E-state index in [0.29, 0.717) is 18.7 Å². The minimum atomic E-state index is -0.441. The molecule has 1 aromatic carbocycles. The third kappa shape index (κ3) is 5.16. The number of para-hydroxylation sites is 1. The van der Waals surface area contributed by atoms with Crippen molar-refractivity contribution in [2.75, 3.05) is 19.7 Å². The number of ether oxygens (including phenoxy) is 1. The summed E-state index contributed by atoms with van der Waals surface area (Å²) in [6.45, 7) is 4.01. The van der Waals surface area contributed by atoms with Gasteiger partial charge in [0.15, 0.2) is 0 Å². The smallest absolute Gasteiger partial charge is 0.276 e. The fraction of sp³-hybridized carbons (Fsp3) is 0.500. The van der Waals surface area contributed by atoms with Gasteiger partial charge in [-0.25, -0.2) is 0 Å². The van der Waals surface area contributed by atoms with Gasteiger partial charge in [-0.1, -0.05) is 19.1 Å². The van der Waals surface area contributed by atoms with E-state index < -0.39 is 4.92 Å². The van der Waals surface area contributed by atoms with Crippen LogP contribution in [0.4, 0.5) is 5.69 Å². The van der Waals surface area contributed by atoms with Gasteiger partial charge in [0.2, 0.25) is 5.91 Å². The lowest BCUT2D eigenvalue weighted by atomic mass is 10.1. The fourth-order valence-electron chi connectivity index (χ4n) is 2.82. The zero-order chi connectivity index (χ0) is 17.4. The lowest BCUT2D eigenvalue weighted by Gasteiger charge is -2.29. The molecule has 0 aliphatic carbocycles. The minimum Gasteiger partial charge on any atom is -0.376 e. The summed E-state index contributed by atoms with van der Waals surface area (Å²) in [7, 11) is 0. The molecule has 6 heteroatoms. The molecule has 1 aliphatic rings. The van der Waals surface area contributed by atoms with Gasteiger partial charge in [-0.2, -0.15) is 0 Å². The lowest BCUT2D eigenvalue weighted by Crippen LogP contribution is -2.39. The quantitative estimate of drug-likeness (QED) is 0.436. The maximum Gasteiger partial charge on any atom is 0.276 e. The van der Waals surface area contributed by atoms with Crippen molar-refractivity contribution in [3.8, 4) is 0 Å². The number of carbonyl (C=O) groups is 1. The predicted octanol–water partition coefficient (Wildman–Crippen LogP) is 3.42. The Balaban J connectivity index is 2.05. The normalized spacial score (nSPS) is 17.8. The van der Waals surface area contributed by atoms with Gasteiger partial charge in [0.1, 0.15) is 0 Å². The first-order valence-corrected chi connectivity index (χ1v) is 8.43. The second kappa shape index (κ2) is 9.17. The zero-order valence-corrected chi connectivity index (χ0v) is 14.0. The Morgan fingerprint density at radius 1 is 1.42 bits per heavy atom. The van der Waals surface area contributed by atoms with E-state index in [1.807, 2.05) is 6.92 Å². The molecule has 24 heavy (non-hydrogen) atoms. The second-order valence-corrected chi connectivity index (χ2v) is 5.92. The van der Waals surface area contributed by atoms with Gasteiger partial charge in [0, 0.05) is 31.8 Å². The Bertz CT molecular complexity index is 594. The van der Waals surface area contributed by atoms with Gasteiger partial charge in [-0.15, -0.1) is 0 Å². The molecule has 1 unspecified atom stereocenters. The Morgan fingerprint density at radius 3 is 2.88 bits per heavy atom. The molecule has 1 aliphatic heterocycles. The van der Waals surface area contributed by atoms with Crippen molar-refractivity contribution in [3.63, 3.8) is 0 Å². The summed E-state index contributed by atoms with van der Waals surface area (Å²) in [4.78, 5) is 24.8. The number of nitrogens with zero attached hydrogens (tertiary/aromatic N) is 2. The minimum absolute atomic E-state index is 0.000736. The molecule has 1 atom stereocenters. The standard InChI is InChI=1S/C18H24N2O4/c1-2-12-19(14-16-8-5-6-13-24-16)18(21)11-10-15-7-3-4-9-17(15)20(22)23/h3-4,7,9-11,16H,2,5-6,8,12-14H2,1H3/b11-10+. The summed E-state index contributed by atoms with van der Waals surface area (Å²) in [6, 6.07) is 6.40. The third-order valence-corrected chi connectivity index (χ3v) is 4.04. The van der Waals surface area contributed by atoms with Crippen LogP contribution in [0.1, 0.15) is 38.2 Å². The van der Waals surface area contributed by atoms with E-state index in [4.69, 9.17) is 4.74 Å². The van der Waals surface area contributed by atoms with E-state index in [1.54, 1.807) is 23.1 Å². The van der Waals surface area contributed by atoms with E-state index >= 15 is 0 Å². The Labute approximate surface area is 142 Å². The molecule has 0 bridgehead atoms. The summed E-state index contributed by atoms with van der Waals surface area (Å²) in [5.74, 6) is -0.135. The van der Waals surface area contributed by atoms with Gasteiger partial charge < -0.3 is 9.64 Å². The summed E-state index contributed by atoms with van der Waals surface area (Å²) >= 11 is 0. The average Bonchev–Trinajstić information content (AvgIpc) is 2.60. The molecule has 130 valence electrons. The van der Waals surface area contributed by atoms with Crippen molar-refractivity contribution in [1.82, 2.24) is 4.90 Å². The number of rotatable bonds is 7. The first-order valence-electron chi connectivity index (χ1n) is 8.43. The van der Waals surface area contributed by atoms with Crippen LogP contribution in [0, 0.1) is 10.1 Å². The largest absolute Gasteiger partial charge is 0.376 e. The molecule has 2 rings (SSSR count). The molecule has 0 saturated carbocycles. The molecule has 1 saturated heterocycles. The van der Waals surface area contributed by atoms with Crippen LogP contribution in [0.2, 0.25) is 0 Å². The van der Waals surface area contributed by atoms with E-state index in [9.17, 15) is 14.9 Å². The predicted molar refractivity (Wildman–Crippen MR) is 92.6 cm³/mol. The molecule has 1 aromatic rings. The van der Waals surface area contributed by atoms with E-state index in [1.165, 1.54) is 18.2 Å². The molecular formula is C18H24N2O4. The van der Waals surface area contributed by atoms with Crippen LogP contribution in [0.5, 0.6) is 0 Å². The maximum absolute atomic E-state index is 12.5. The SMILES string of the molecule is CCCN(CC1CCCCO1)C(=O)/C=C/c1ccccc1[N+](=O)[O-]. The van der Waals surface area contributed by atoms with Crippen LogP contribution in [-0.2, 0) is 9.53 Å². The van der Waals surface area contributed by atoms with E-state index in [0.717, 1.165) is 32.3 Å².